The van der Waals surface area contributed by atoms with Crippen molar-refractivity contribution >= 4 is 0 Å². The second-order valence-electron chi connectivity index (χ2n) is 5.60. The first-order chi connectivity index (χ1) is 8.60. The Morgan fingerprint density at radius 2 is 1.94 bits per heavy atom. The van der Waals surface area contributed by atoms with E-state index in [1.54, 1.807) is 0 Å². The first-order valence-corrected chi connectivity index (χ1v) is 7.02. The van der Waals surface area contributed by atoms with E-state index in [1.165, 1.54) is 36.0 Å². The monoisotopic (exact) mass is 247 g/mol. The molecule has 0 spiro atoms. The van der Waals surface area contributed by atoms with Crippen molar-refractivity contribution in [1.29, 1.82) is 0 Å². The lowest BCUT2D eigenvalue weighted by Crippen LogP contribution is -2.36. The van der Waals surface area contributed by atoms with E-state index in [1.807, 2.05) is 0 Å². The SMILES string of the molecule is CNC1CCCC(Oc2cc(C)cc(C)c2C)C1. The molecule has 1 aromatic rings. The largest absolute Gasteiger partial charge is 0.490 e. The molecule has 1 aliphatic rings. The van der Waals surface area contributed by atoms with Crippen LogP contribution in [0.15, 0.2) is 12.1 Å². The maximum Gasteiger partial charge on any atom is 0.123 e. The molecule has 2 atom stereocenters. The van der Waals surface area contributed by atoms with E-state index in [9.17, 15) is 0 Å². The van der Waals surface area contributed by atoms with Crippen molar-refractivity contribution < 1.29 is 4.74 Å². The number of rotatable bonds is 3. The fourth-order valence-electron chi connectivity index (χ4n) is 2.82. The van der Waals surface area contributed by atoms with Crippen LogP contribution >= 0.6 is 0 Å². The molecule has 1 N–H and O–H groups in total. The molecule has 1 aliphatic carbocycles. The van der Waals surface area contributed by atoms with Crippen LogP contribution in [-0.4, -0.2) is 19.2 Å². The van der Waals surface area contributed by atoms with Gasteiger partial charge in [0.15, 0.2) is 0 Å². The fraction of sp³-hybridized carbons (Fsp3) is 0.625. The topological polar surface area (TPSA) is 21.3 Å². The highest BCUT2D eigenvalue weighted by atomic mass is 16.5. The minimum atomic E-state index is 0.371. The lowest BCUT2D eigenvalue weighted by atomic mass is 9.93. The Morgan fingerprint density at radius 3 is 2.67 bits per heavy atom. The van der Waals surface area contributed by atoms with Crippen LogP contribution in [0.3, 0.4) is 0 Å². The average Bonchev–Trinajstić information content (AvgIpc) is 2.35. The van der Waals surface area contributed by atoms with Gasteiger partial charge in [-0.05, 0) is 76.3 Å². The maximum atomic E-state index is 6.24. The molecule has 0 radical (unpaired) electrons. The Bertz CT molecular complexity index is 414. The normalized spacial score (nSPS) is 24.0. The Morgan fingerprint density at radius 1 is 1.17 bits per heavy atom. The summed E-state index contributed by atoms with van der Waals surface area (Å²) in [7, 11) is 2.05. The Hall–Kier alpha value is -1.02. The van der Waals surface area contributed by atoms with E-state index in [0.717, 1.165) is 12.2 Å². The fourth-order valence-corrected chi connectivity index (χ4v) is 2.82. The molecule has 0 bridgehead atoms. The predicted molar refractivity (Wildman–Crippen MR) is 76.4 cm³/mol. The van der Waals surface area contributed by atoms with Crippen molar-refractivity contribution in [3.8, 4) is 5.75 Å². The van der Waals surface area contributed by atoms with Crippen LogP contribution in [0.4, 0.5) is 0 Å². The first kappa shape index (κ1) is 13.4. The summed E-state index contributed by atoms with van der Waals surface area (Å²) in [5, 5.41) is 3.38. The van der Waals surface area contributed by atoms with Crippen molar-refractivity contribution in [2.24, 2.45) is 0 Å². The van der Waals surface area contributed by atoms with Gasteiger partial charge in [-0.2, -0.15) is 0 Å². The van der Waals surface area contributed by atoms with Crippen LogP contribution in [0.5, 0.6) is 5.75 Å². The van der Waals surface area contributed by atoms with Gasteiger partial charge >= 0.3 is 0 Å². The Labute approximate surface area is 111 Å². The minimum Gasteiger partial charge on any atom is -0.490 e. The molecular weight excluding hydrogens is 222 g/mol. The van der Waals surface area contributed by atoms with Gasteiger partial charge in [0, 0.05) is 6.04 Å². The van der Waals surface area contributed by atoms with Crippen molar-refractivity contribution in [1.82, 2.24) is 5.32 Å². The van der Waals surface area contributed by atoms with Gasteiger partial charge in [0.05, 0.1) is 0 Å². The van der Waals surface area contributed by atoms with Crippen molar-refractivity contribution in [3.63, 3.8) is 0 Å². The number of aryl methyl sites for hydroxylation is 2. The highest BCUT2D eigenvalue weighted by Crippen LogP contribution is 2.28. The molecule has 2 nitrogen and oxygen atoms in total. The van der Waals surface area contributed by atoms with Gasteiger partial charge < -0.3 is 10.1 Å². The average molecular weight is 247 g/mol. The van der Waals surface area contributed by atoms with E-state index in [2.05, 4.69) is 45.3 Å². The molecule has 1 saturated carbocycles. The molecule has 1 fully saturated rings. The highest BCUT2D eigenvalue weighted by molar-refractivity contribution is 5.42. The predicted octanol–water partition coefficient (Wildman–Crippen LogP) is 3.52. The van der Waals surface area contributed by atoms with Gasteiger partial charge in [-0.1, -0.05) is 6.07 Å². The van der Waals surface area contributed by atoms with Gasteiger partial charge in [0.2, 0.25) is 0 Å². The molecule has 2 rings (SSSR count). The van der Waals surface area contributed by atoms with Crippen LogP contribution in [0.25, 0.3) is 0 Å². The van der Waals surface area contributed by atoms with E-state index < -0.39 is 0 Å². The van der Waals surface area contributed by atoms with Gasteiger partial charge in [0.1, 0.15) is 11.9 Å². The zero-order valence-electron chi connectivity index (χ0n) is 12.0. The number of benzene rings is 1. The van der Waals surface area contributed by atoms with Gasteiger partial charge in [-0.25, -0.2) is 0 Å². The molecule has 2 unspecified atom stereocenters. The zero-order chi connectivity index (χ0) is 13.1. The molecule has 0 aliphatic heterocycles. The maximum absolute atomic E-state index is 6.24. The van der Waals surface area contributed by atoms with Crippen LogP contribution in [0.1, 0.15) is 42.4 Å². The van der Waals surface area contributed by atoms with Gasteiger partial charge in [-0.3, -0.25) is 0 Å². The standard InChI is InChI=1S/C16H25NO/c1-11-8-12(2)13(3)16(9-11)18-15-7-5-6-14(10-15)17-4/h8-9,14-15,17H,5-7,10H2,1-4H3. The zero-order valence-corrected chi connectivity index (χ0v) is 12.0. The molecule has 18 heavy (non-hydrogen) atoms. The number of ether oxygens (including phenoxy) is 1. The van der Waals surface area contributed by atoms with Crippen LogP contribution in [0.2, 0.25) is 0 Å². The molecule has 2 heteroatoms. The molecule has 100 valence electrons. The van der Waals surface area contributed by atoms with Crippen LogP contribution in [0, 0.1) is 20.8 Å². The molecular formula is C16H25NO. The van der Waals surface area contributed by atoms with E-state index in [-0.39, 0.29) is 0 Å². The second-order valence-corrected chi connectivity index (χ2v) is 5.60. The minimum absolute atomic E-state index is 0.371. The number of hydrogen-bond donors (Lipinski definition) is 1. The second kappa shape index (κ2) is 5.75. The van der Waals surface area contributed by atoms with E-state index in [0.29, 0.717) is 12.1 Å². The Balaban J connectivity index is 2.09. The molecule has 1 aromatic carbocycles. The third-order valence-corrected chi connectivity index (χ3v) is 4.09. The van der Waals surface area contributed by atoms with Gasteiger partial charge in [0.25, 0.3) is 0 Å². The summed E-state index contributed by atoms with van der Waals surface area (Å²) >= 11 is 0. The van der Waals surface area contributed by atoms with Crippen molar-refractivity contribution in [2.75, 3.05) is 7.05 Å². The van der Waals surface area contributed by atoms with Gasteiger partial charge in [-0.15, -0.1) is 0 Å². The van der Waals surface area contributed by atoms with Crippen molar-refractivity contribution in [2.45, 2.75) is 58.6 Å². The molecule has 0 aromatic heterocycles. The summed E-state index contributed by atoms with van der Waals surface area (Å²) in [5.41, 5.74) is 3.90. The summed E-state index contributed by atoms with van der Waals surface area (Å²) in [5.74, 6) is 1.08. The quantitative estimate of drug-likeness (QED) is 0.882. The summed E-state index contributed by atoms with van der Waals surface area (Å²) in [6, 6.07) is 5.01. The van der Waals surface area contributed by atoms with E-state index in [4.69, 9.17) is 4.74 Å². The lowest BCUT2D eigenvalue weighted by Gasteiger charge is -2.30. The van der Waals surface area contributed by atoms with Crippen molar-refractivity contribution in [3.05, 3.63) is 28.8 Å². The third kappa shape index (κ3) is 3.05. The Kier molecular flexibility index (Phi) is 4.28. The summed E-state index contributed by atoms with van der Waals surface area (Å²) < 4.78 is 6.24. The summed E-state index contributed by atoms with van der Waals surface area (Å²) in [6.07, 6.45) is 5.23. The smallest absolute Gasteiger partial charge is 0.123 e. The van der Waals surface area contributed by atoms with Crippen LogP contribution in [-0.2, 0) is 0 Å². The first-order valence-electron chi connectivity index (χ1n) is 7.02. The van der Waals surface area contributed by atoms with Crippen LogP contribution < -0.4 is 10.1 Å². The third-order valence-electron chi connectivity index (χ3n) is 4.09. The highest BCUT2D eigenvalue weighted by Gasteiger charge is 2.22. The molecule has 0 amide bonds. The molecule has 0 saturated heterocycles. The summed E-state index contributed by atoms with van der Waals surface area (Å²) in [4.78, 5) is 0. The molecule has 0 heterocycles. The number of hydrogen-bond acceptors (Lipinski definition) is 2. The van der Waals surface area contributed by atoms with E-state index >= 15 is 0 Å². The lowest BCUT2D eigenvalue weighted by molar-refractivity contribution is 0.136. The summed E-state index contributed by atoms with van der Waals surface area (Å²) in [6.45, 7) is 6.45. The number of nitrogens with one attached hydrogen (secondary N) is 1.